The number of thiocarbonyl (C=S) groups is 1. The van der Waals surface area contributed by atoms with E-state index in [2.05, 4.69) is 33.4 Å². The minimum atomic E-state index is -0.503. The third kappa shape index (κ3) is 4.58. The molecule has 0 aliphatic carbocycles. The van der Waals surface area contributed by atoms with E-state index < -0.39 is 11.8 Å². The lowest BCUT2D eigenvalue weighted by atomic mass is 10.1. The largest absolute Gasteiger partial charge is 0.492 e. The first-order chi connectivity index (χ1) is 17.0. The average molecular weight is 482 g/mol. The smallest absolute Gasteiger partial charge is 0.263 e. The van der Waals surface area contributed by atoms with Crippen molar-refractivity contribution in [3.8, 4) is 16.9 Å². The number of para-hydroxylation sites is 1. The molecule has 0 bridgehead atoms. The Balaban J connectivity index is 1.40. The summed E-state index contributed by atoms with van der Waals surface area (Å²) in [6.45, 7) is 3.04. The monoisotopic (exact) mass is 481 g/mol. The lowest BCUT2D eigenvalue weighted by Gasteiger charge is -2.16. The fourth-order valence-electron chi connectivity index (χ4n) is 4.33. The number of amides is 2. The Hall–Kier alpha value is -4.23. The van der Waals surface area contributed by atoms with Crippen molar-refractivity contribution in [2.75, 3.05) is 6.61 Å². The Morgan fingerprint density at radius 2 is 1.57 bits per heavy atom. The number of rotatable bonds is 6. The number of ether oxygens (including phenoxy) is 1. The van der Waals surface area contributed by atoms with Crippen molar-refractivity contribution < 1.29 is 14.3 Å². The zero-order chi connectivity index (χ0) is 24.4. The number of carbonyl (C=O) groups is 2. The second-order valence-corrected chi connectivity index (χ2v) is 8.61. The molecule has 0 radical (unpaired) electrons. The Morgan fingerprint density at radius 1 is 0.886 bits per heavy atom. The molecular weight excluding hydrogens is 458 g/mol. The van der Waals surface area contributed by atoms with Gasteiger partial charge in [-0.2, -0.15) is 0 Å². The summed E-state index contributed by atoms with van der Waals surface area (Å²) >= 11 is 4.90. The van der Waals surface area contributed by atoms with Gasteiger partial charge in [0.2, 0.25) is 0 Å². The zero-order valence-electron chi connectivity index (χ0n) is 19.1. The van der Waals surface area contributed by atoms with Crippen LogP contribution in [-0.4, -0.2) is 28.1 Å². The molecule has 7 heteroatoms. The Bertz CT molecular complexity index is 1470. The fourth-order valence-corrected chi connectivity index (χ4v) is 4.52. The highest BCUT2D eigenvalue weighted by Crippen LogP contribution is 2.29. The Kier molecular flexibility index (Phi) is 6.16. The minimum absolute atomic E-state index is 0.0183. The second kappa shape index (κ2) is 9.56. The first-order valence-electron chi connectivity index (χ1n) is 11.3. The molecule has 5 rings (SSSR count). The van der Waals surface area contributed by atoms with E-state index in [9.17, 15) is 9.59 Å². The van der Waals surface area contributed by atoms with Crippen LogP contribution in [0.1, 0.15) is 11.3 Å². The summed E-state index contributed by atoms with van der Waals surface area (Å²) < 4.78 is 8.25. The molecule has 0 unspecified atom stereocenters. The van der Waals surface area contributed by atoms with Gasteiger partial charge in [0.1, 0.15) is 17.9 Å². The number of carbonyl (C=O) groups excluding carboxylic acids is 2. The van der Waals surface area contributed by atoms with E-state index in [0.29, 0.717) is 13.2 Å². The molecule has 2 amide bonds. The van der Waals surface area contributed by atoms with E-state index in [1.54, 1.807) is 6.08 Å². The molecule has 2 heterocycles. The van der Waals surface area contributed by atoms with Gasteiger partial charge < -0.3 is 9.30 Å². The standard InChI is InChI=1S/C28H23N3O3S/c1-18-23(17-24-26(32)29-28(35)30-27(24)33)22-12-5-6-13-25(22)31(18)14-15-34-21-11-7-10-20(16-21)19-8-3-2-4-9-19/h2-13,16-17H,14-15H2,1H3,(H2,29,30,32,33,35). The predicted molar refractivity (Wildman–Crippen MR) is 141 cm³/mol. The molecule has 1 aromatic heterocycles. The van der Waals surface area contributed by atoms with Gasteiger partial charge in [-0.1, -0.05) is 60.7 Å². The molecule has 1 aliphatic heterocycles. The molecule has 0 spiro atoms. The normalized spacial score (nSPS) is 13.5. The summed E-state index contributed by atoms with van der Waals surface area (Å²) in [5.41, 5.74) is 5.03. The number of hydrogen-bond acceptors (Lipinski definition) is 4. The summed E-state index contributed by atoms with van der Waals surface area (Å²) in [5.74, 6) is -0.206. The van der Waals surface area contributed by atoms with Crippen LogP contribution in [0.4, 0.5) is 0 Å². The van der Waals surface area contributed by atoms with Gasteiger partial charge in [0.05, 0.1) is 6.54 Å². The molecule has 174 valence electrons. The van der Waals surface area contributed by atoms with E-state index in [0.717, 1.165) is 39.0 Å². The zero-order valence-corrected chi connectivity index (χ0v) is 19.9. The summed E-state index contributed by atoms with van der Waals surface area (Å²) in [6.07, 6.45) is 1.63. The molecule has 1 saturated heterocycles. The van der Waals surface area contributed by atoms with Crippen LogP contribution in [0.2, 0.25) is 0 Å². The molecule has 4 aromatic rings. The third-order valence-electron chi connectivity index (χ3n) is 6.04. The second-order valence-electron chi connectivity index (χ2n) is 8.21. The van der Waals surface area contributed by atoms with Crippen molar-refractivity contribution in [1.29, 1.82) is 0 Å². The van der Waals surface area contributed by atoms with Crippen LogP contribution in [0.15, 0.2) is 84.4 Å². The van der Waals surface area contributed by atoms with Gasteiger partial charge in [0, 0.05) is 22.2 Å². The summed E-state index contributed by atoms with van der Waals surface area (Å²) in [5, 5.41) is 5.95. The van der Waals surface area contributed by atoms with Crippen LogP contribution in [-0.2, 0) is 16.1 Å². The van der Waals surface area contributed by atoms with Gasteiger partial charge in [-0.3, -0.25) is 20.2 Å². The maximum atomic E-state index is 12.4. The maximum absolute atomic E-state index is 12.4. The average Bonchev–Trinajstić information content (AvgIpc) is 3.13. The summed E-state index contributed by atoms with van der Waals surface area (Å²) in [6, 6.07) is 26.2. The van der Waals surface area contributed by atoms with Crippen molar-refractivity contribution in [3.63, 3.8) is 0 Å². The van der Waals surface area contributed by atoms with E-state index in [1.165, 1.54) is 0 Å². The number of fused-ring (bicyclic) bond motifs is 1. The molecule has 35 heavy (non-hydrogen) atoms. The van der Waals surface area contributed by atoms with Crippen LogP contribution < -0.4 is 15.4 Å². The van der Waals surface area contributed by atoms with Crippen LogP contribution in [0, 0.1) is 6.92 Å². The highest BCUT2D eigenvalue weighted by Gasteiger charge is 2.26. The lowest BCUT2D eigenvalue weighted by molar-refractivity contribution is -0.123. The van der Waals surface area contributed by atoms with Crippen LogP contribution in [0.3, 0.4) is 0 Å². The molecule has 1 aliphatic rings. The van der Waals surface area contributed by atoms with Gasteiger partial charge in [-0.05, 0) is 54.5 Å². The van der Waals surface area contributed by atoms with E-state index in [4.69, 9.17) is 17.0 Å². The number of nitrogens with one attached hydrogen (secondary N) is 2. The van der Waals surface area contributed by atoms with Crippen molar-refractivity contribution >= 4 is 46.1 Å². The van der Waals surface area contributed by atoms with Crippen molar-refractivity contribution in [2.24, 2.45) is 0 Å². The van der Waals surface area contributed by atoms with Gasteiger partial charge in [0.15, 0.2) is 5.11 Å². The Morgan fingerprint density at radius 3 is 2.34 bits per heavy atom. The molecule has 3 aromatic carbocycles. The molecule has 6 nitrogen and oxygen atoms in total. The first kappa shape index (κ1) is 22.6. The number of hydrogen-bond donors (Lipinski definition) is 2. The van der Waals surface area contributed by atoms with Crippen LogP contribution in [0.5, 0.6) is 5.75 Å². The predicted octanol–water partition coefficient (Wildman–Crippen LogP) is 4.61. The van der Waals surface area contributed by atoms with Gasteiger partial charge in [-0.15, -0.1) is 0 Å². The SMILES string of the molecule is Cc1c(C=C2C(=O)NC(=S)NC2=O)c2ccccc2n1CCOc1cccc(-c2ccccc2)c1. The lowest BCUT2D eigenvalue weighted by Crippen LogP contribution is -2.51. The van der Waals surface area contributed by atoms with Gasteiger partial charge in [-0.25, -0.2) is 0 Å². The molecule has 2 N–H and O–H groups in total. The van der Waals surface area contributed by atoms with Crippen molar-refractivity contribution in [1.82, 2.24) is 15.2 Å². The highest BCUT2D eigenvalue weighted by molar-refractivity contribution is 7.80. The van der Waals surface area contributed by atoms with Gasteiger partial charge >= 0.3 is 0 Å². The molecule has 1 fully saturated rings. The first-order valence-corrected chi connectivity index (χ1v) is 11.7. The summed E-state index contributed by atoms with van der Waals surface area (Å²) in [7, 11) is 0. The highest BCUT2D eigenvalue weighted by atomic mass is 32.1. The molecule has 0 saturated carbocycles. The van der Waals surface area contributed by atoms with Crippen molar-refractivity contribution in [3.05, 3.63) is 95.7 Å². The number of aromatic nitrogens is 1. The van der Waals surface area contributed by atoms with Crippen LogP contribution >= 0.6 is 12.2 Å². The van der Waals surface area contributed by atoms with Crippen LogP contribution in [0.25, 0.3) is 28.1 Å². The van der Waals surface area contributed by atoms with E-state index in [-0.39, 0.29) is 10.7 Å². The topological polar surface area (TPSA) is 72.4 Å². The van der Waals surface area contributed by atoms with Gasteiger partial charge in [0.25, 0.3) is 11.8 Å². The van der Waals surface area contributed by atoms with E-state index >= 15 is 0 Å². The quantitative estimate of drug-likeness (QED) is 0.240. The summed E-state index contributed by atoms with van der Waals surface area (Å²) in [4.78, 5) is 24.8. The molecule has 0 atom stereocenters. The fraction of sp³-hybridized carbons (Fsp3) is 0.107. The number of benzene rings is 3. The van der Waals surface area contributed by atoms with E-state index in [1.807, 2.05) is 67.6 Å². The van der Waals surface area contributed by atoms with Crippen molar-refractivity contribution in [2.45, 2.75) is 13.5 Å². The Labute approximate surface area is 208 Å². The number of nitrogens with zero attached hydrogens (tertiary/aromatic N) is 1. The minimum Gasteiger partial charge on any atom is -0.492 e. The molecular formula is C28H23N3O3S. The third-order valence-corrected chi connectivity index (χ3v) is 6.24. The maximum Gasteiger partial charge on any atom is 0.263 e.